The number of rotatable bonds is 7. The topological polar surface area (TPSA) is 64.6 Å². The maximum absolute atomic E-state index is 12.5. The number of hydrogen-bond donors (Lipinski definition) is 1. The van der Waals surface area contributed by atoms with E-state index in [2.05, 4.69) is 33.4 Å². The van der Waals surface area contributed by atoms with Crippen LogP contribution >= 0.6 is 15.9 Å². The third-order valence-electron chi connectivity index (χ3n) is 4.06. The number of nitrogens with one attached hydrogen (secondary N) is 1. The summed E-state index contributed by atoms with van der Waals surface area (Å²) in [7, 11) is 0. The van der Waals surface area contributed by atoms with E-state index in [-0.39, 0.29) is 11.7 Å². The summed E-state index contributed by atoms with van der Waals surface area (Å²) >= 11 is 3.44. The molecular weight excluding hydrogens is 434 g/mol. The SMILES string of the molecule is CC(=O)Nc1ccccc1OC(=O)c1ccc(OCCc2ccccc2)c(Br)c1. The molecule has 0 aliphatic rings. The number of anilines is 1. The van der Waals surface area contributed by atoms with E-state index in [1.807, 2.05) is 18.2 Å². The Hall–Kier alpha value is -3.12. The van der Waals surface area contributed by atoms with Crippen LogP contribution in [-0.2, 0) is 11.2 Å². The van der Waals surface area contributed by atoms with Gasteiger partial charge in [-0.15, -0.1) is 0 Å². The van der Waals surface area contributed by atoms with Gasteiger partial charge in [-0.2, -0.15) is 0 Å². The van der Waals surface area contributed by atoms with Gasteiger partial charge in [0.15, 0.2) is 5.75 Å². The van der Waals surface area contributed by atoms with Crippen molar-refractivity contribution in [1.29, 1.82) is 0 Å². The van der Waals surface area contributed by atoms with Crippen LogP contribution < -0.4 is 14.8 Å². The Morgan fingerprint density at radius 2 is 1.66 bits per heavy atom. The van der Waals surface area contributed by atoms with E-state index < -0.39 is 5.97 Å². The zero-order valence-electron chi connectivity index (χ0n) is 15.9. The molecule has 0 aliphatic carbocycles. The second kappa shape index (κ2) is 9.89. The van der Waals surface area contributed by atoms with Crippen molar-refractivity contribution < 1.29 is 19.1 Å². The number of para-hydroxylation sites is 2. The molecule has 29 heavy (non-hydrogen) atoms. The first-order chi connectivity index (χ1) is 14.0. The molecule has 1 N–H and O–H groups in total. The molecule has 0 saturated carbocycles. The molecule has 5 nitrogen and oxygen atoms in total. The fourth-order valence-corrected chi connectivity index (χ4v) is 3.17. The summed E-state index contributed by atoms with van der Waals surface area (Å²) in [5.41, 5.74) is 2.00. The summed E-state index contributed by atoms with van der Waals surface area (Å²) in [5.74, 6) is 0.163. The highest BCUT2D eigenvalue weighted by Crippen LogP contribution is 2.28. The van der Waals surface area contributed by atoms with Gasteiger partial charge in [-0.3, -0.25) is 4.79 Å². The van der Waals surface area contributed by atoms with E-state index >= 15 is 0 Å². The summed E-state index contributed by atoms with van der Waals surface area (Å²) in [6.45, 7) is 1.92. The number of halogens is 1. The predicted octanol–water partition coefficient (Wildman–Crippen LogP) is 5.25. The van der Waals surface area contributed by atoms with Crippen molar-refractivity contribution in [3.8, 4) is 11.5 Å². The summed E-state index contributed by atoms with van der Waals surface area (Å²) in [5, 5.41) is 2.64. The van der Waals surface area contributed by atoms with Crippen LogP contribution in [0, 0.1) is 0 Å². The van der Waals surface area contributed by atoms with E-state index in [4.69, 9.17) is 9.47 Å². The molecule has 0 radical (unpaired) electrons. The largest absolute Gasteiger partial charge is 0.492 e. The zero-order chi connectivity index (χ0) is 20.6. The molecule has 6 heteroatoms. The van der Waals surface area contributed by atoms with Crippen LogP contribution in [0.5, 0.6) is 11.5 Å². The Morgan fingerprint density at radius 3 is 2.38 bits per heavy atom. The van der Waals surface area contributed by atoms with Crippen LogP contribution in [0.4, 0.5) is 5.69 Å². The van der Waals surface area contributed by atoms with Crippen molar-refractivity contribution in [2.45, 2.75) is 13.3 Å². The lowest BCUT2D eigenvalue weighted by atomic mass is 10.2. The molecule has 0 spiro atoms. The number of esters is 1. The minimum Gasteiger partial charge on any atom is -0.492 e. The van der Waals surface area contributed by atoms with Gasteiger partial charge in [-0.05, 0) is 51.8 Å². The number of ether oxygens (including phenoxy) is 2. The molecule has 0 aromatic heterocycles. The highest BCUT2D eigenvalue weighted by Gasteiger charge is 2.14. The predicted molar refractivity (Wildman–Crippen MR) is 115 cm³/mol. The molecule has 3 aromatic rings. The first kappa shape index (κ1) is 20.6. The molecule has 0 fully saturated rings. The Balaban J connectivity index is 1.64. The van der Waals surface area contributed by atoms with Crippen LogP contribution in [0.25, 0.3) is 0 Å². The standard InChI is InChI=1S/C23H20BrNO4/c1-16(26)25-20-9-5-6-10-22(20)29-23(27)18-11-12-21(19(24)15-18)28-14-13-17-7-3-2-4-8-17/h2-12,15H,13-14H2,1H3,(H,25,26). The molecule has 0 saturated heterocycles. The van der Waals surface area contributed by atoms with Gasteiger partial charge in [0, 0.05) is 13.3 Å². The van der Waals surface area contributed by atoms with Crippen LogP contribution in [0.15, 0.2) is 77.3 Å². The molecule has 148 valence electrons. The lowest BCUT2D eigenvalue weighted by molar-refractivity contribution is -0.114. The minimum absolute atomic E-state index is 0.242. The van der Waals surface area contributed by atoms with Crippen LogP contribution in [0.2, 0.25) is 0 Å². The van der Waals surface area contributed by atoms with Gasteiger partial charge >= 0.3 is 5.97 Å². The smallest absolute Gasteiger partial charge is 0.343 e. The maximum Gasteiger partial charge on any atom is 0.343 e. The second-order valence-electron chi connectivity index (χ2n) is 6.30. The van der Waals surface area contributed by atoms with Gasteiger partial charge < -0.3 is 14.8 Å². The second-order valence-corrected chi connectivity index (χ2v) is 7.15. The highest BCUT2D eigenvalue weighted by molar-refractivity contribution is 9.10. The number of hydrogen-bond acceptors (Lipinski definition) is 4. The van der Waals surface area contributed by atoms with E-state index in [0.717, 1.165) is 6.42 Å². The molecule has 1 amide bonds. The minimum atomic E-state index is -0.528. The summed E-state index contributed by atoms with van der Waals surface area (Å²) in [4.78, 5) is 23.8. The first-order valence-corrected chi connectivity index (χ1v) is 9.87. The number of benzene rings is 3. The van der Waals surface area contributed by atoms with Crippen LogP contribution in [0.1, 0.15) is 22.8 Å². The van der Waals surface area contributed by atoms with Crippen molar-refractivity contribution in [2.24, 2.45) is 0 Å². The van der Waals surface area contributed by atoms with Gasteiger partial charge in [0.2, 0.25) is 5.91 Å². The lowest BCUT2D eigenvalue weighted by Gasteiger charge is -2.12. The third-order valence-corrected chi connectivity index (χ3v) is 4.68. The molecule has 0 aliphatic heterocycles. The Bertz CT molecular complexity index is 1000. The van der Waals surface area contributed by atoms with Crippen molar-refractivity contribution >= 4 is 33.5 Å². The van der Waals surface area contributed by atoms with Crippen LogP contribution in [-0.4, -0.2) is 18.5 Å². The summed E-state index contributed by atoms with van der Waals surface area (Å²) in [6.07, 6.45) is 0.789. The van der Waals surface area contributed by atoms with Crippen molar-refractivity contribution in [3.05, 3.63) is 88.4 Å². The fourth-order valence-electron chi connectivity index (χ4n) is 2.68. The van der Waals surface area contributed by atoms with Gasteiger partial charge in [0.25, 0.3) is 0 Å². The van der Waals surface area contributed by atoms with Gasteiger partial charge in [0.1, 0.15) is 5.75 Å². The average Bonchev–Trinajstić information content (AvgIpc) is 2.71. The molecule has 0 heterocycles. The number of carbonyl (C=O) groups excluding carboxylic acids is 2. The van der Waals surface area contributed by atoms with E-state index in [1.54, 1.807) is 42.5 Å². The summed E-state index contributed by atoms with van der Waals surface area (Å²) in [6, 6.07) is 21.9. The van der Waals surface area contributed by atoms with Crippen LogP contribution in [0.3, 0.4) is 0 Å². The van der Waals surface area contributed by atoms with Gasteiger partial charge in [0.05, 0.1) is 22.3 Å². The number of carbonyl (C=O) groups is 2. The van der Waals surface area contributed by atoms with Crippen molar-refractivity contribution in [1.82, 2.24) is 0 Å². The Labute approximate surface area is 177 Å². The molecule has 0 unspecified atom stereocenters. The quantitative estimate of drug-likeness (QED) is 0.391. The van der Waals surface area contributed by atoms with E-state index in [9.17, 15) is 9.59 Å². The highest BCUT2D eigenvalue weighted by atomic mass is 79.9. The zero-order valence-corrected chi connectivity index (χ0v) is 17.4. The van der Waals surface area contributed by atoms with Gasteiger partial charge in [-0.1, -0.05) is 42.5 Å². The normalized spacial score (nSPS) is 10.3. The molecule has 0 bridgehead atoms. The summed E-state index contributed by atoms with van der Waals surface area (Å²) < 4.78 is 11.9. The average molecular weight is 454 g/mol. The first-order valence-electron chi connectivity index (χ1n) is 9.08. The Morgan fingerprint density at radius 1 is 0.931 bits per heavy atom. The molecule has 0 atom stereocenters. The van der Waals surface area contributed by atoms with Gasteiger partial charge in [-0.25, -0.2) is 4.79 Å². The van der Waals surface area contributed by atoms with Crippen molar-refractivity contribution in [3.63, 3.8) is 0 Å². The molecule has 3 rings (SSSR count). The van der Waals surface area contributed by atoms with E-state index in [1.165, 1.54) is 12.5 Å². The Kier molecular flexibility index (Phi) is 7.03. The number of amides is 1. The van der Waals surface area contributed by atoms with E-state index in [0.29, 0.717) is 28.1 Å². The molecular formula is C23H20BrNO4. The lowest BCUT2D eigenvalue weighted by Crippen LogP contribution is -2.12. The molecule has 3 aromatic carbocycles. The maximum atomic E-state index is 12.5. The fraction of sp³-hybridized carbons (Fsp3) is 0.130. The monoisotopic (exact) mass is 453 g/mol. The third kappa shape index (κ3) is 5.93. The van der Waals surface area contributed by atoms with Crippen molar-refractivity contribution in [2.75, 3.05) is 11.9 Å².